The highest BCUT2D eigenvalue weighted by Crippen LogP contribution is 2.32. The van der Waals surface area contributed by atoms with Gasteiger partial charge in [0.15, 0.2) is 11.5 Å². The highest BCUT2D eigenvalue weighted by Gasteiger charge is 2.15. The number of amides is 1. The topological polar surface area (TPSA) is 80.2 Å². The Morgan fingerprint density at radius 2 is 2.00 bits per heavy atom. The number of hydrogen-bond acceptors (Lipinski definition) is 5. The summed E-state index contributed by atoms with van der Waals surface area (Å²) in [5.41, 5.74) is 3.25. The average molecular weight is 442 g/mol. The van der Waals surface area contributed by atoms with Gasteiger partial charge in [-0.05, 0) is 46.3 Å². The number of phenolic OH excluding ortho intramolecular Hbond substituents is 1. The zero-order chi connectivity index (χ0) is 16.4. The molecule has 0 atom stereocenters. The van der Waals surface area contributed by atoms with Crippen LogP contribution in [0.25, 0.3) is 0 Å². The number of ether oxygens (including phenoxy) is 2. The Balaban J connectivity index is 1.72. The molecule has 1 amide bonds. The van der Waals surface area contributed by atoms with Gasteiger partial charge in [-0.3, -0.25) is 4.79 Å². The largest absolute Gasteiger partial charge is 0.506 e. The molecule has 8 heteroatoms. The van der Waals surface area contributed by atoms with Crippen LogP contribution < -0.4 is 14.9 Å². The monoisotopic (exact) mass is 440 g/mol. The van der Waals surface area contributed by atoms with Gasteiger partial charge in [-0.1, -0.05) is 15.9 Å². The number of carbonyl (C=O) groups is 1. The van der Waals surface area contributed by atoms with E-state index >= 15 is 0 Å². The van der Waals surface area contributed by atoms with Crippen LogP contribution in [0, 0.1) is 0 Å². The molecule has 0 spiro atoms. The summed E-state index contributed by atoms with van der Waals surface area (Å²) in [5.74, 6) is 0.770. The number of hydrogen-bond donors (Lipinski definition) is 2. The summed E-state index contributed by atoms with van der Waals surface area (Å²) in [6, 6.07) is 8.25. The zero-order valence-corrected chi connectivity index (χ0v) is 14.7. The van der Waals surface area contributed by atoms with Gasteiger partial charge in [0, 0.05) is 15.6 Å². The summed E-state index contributed by atoms with van der Waals surface area (Å²) in [4.78, 5) is 12.1. The van der Waals surface area contributed by atoms with Crippen molar-refractivity contribution >= 4 is 44.0 Å². The van der Waals surface area contributed by atoms with Gasteiger partial charge in [0.1, 0.15) is 5.75 Å². The second-order valence-corrected chi connectivity index (χ2v) is 6.36. The minimum atomic E-state index is -0.395. The maximum absolute atomic E-state index is 12.1. The number of fused-ring (bicyclic) bond motifs is 1. The molecule has 6 nitrogen and oxygen atoms in total. The van der Waals surface area contributed by atoms with E-state index in [2.05, 4.69) is 42.4 Å². The second-order valence-electron chi connectivity index (χ2n) is 4.59. The van der Waals surface area contributed by atoms with E-state index in [1.165, 1.54) is 6.21 Å². The molecule has 118 valence electrons. The lowest BCUT2D eigenvalue weighted by Gasteiger charge is -2.04. The van der Waals surface area contributed by atoms with Crippen molar-refractivity contribution in [2.75, 3.05) is 6.79 Å². The summed E-state index contributed by atoms with van der Waals surface area (Å²) in [6.45, 7) is 0.148. The number of carbonyl (C=O) groups excluding carboxylic acids is 1. The van der Waals surface area contributed by atoms with Gasteiger partial charge in [0.25, 0.3) is 5.91 Å². The molecular formula is C15H10Br2N2O4. The molecule has 0 fully saturated rings. The Morgan fingerprint density at radius 1 is 1.22 bits per heavy atom. The van der Waals surface area contributed by atoms with Crippen LogP contribution in [0.15, 0.2) is 44.4 Å². The number of halogens is 2. The minimum absolute atomic E-state index is 0.0364. The third-order valence-electron chi connectivity index (χ3n) is 3.06. The molecule has 23 heavy (non-hydrogen) atoms. The number of rotatable bonds is 3. The zero-order valence-electron chi connectivity index (χ0n) is 11.5. The van der Waals surface area contributed by atoms with Crippen molar-refractivity contribution in [1.29, 1.82) is 0 Å². The van der Waals surface area contributed by atoms with Crippen molar-refractivity contribution in [2.45, 2.75) is 0 Å². The number of nitrogens with zero attached hydrogens (tertiary/aromatic N) is 1. The third kappa shape index (κ3) is 3.48. The Labute approximate surface area is 148 Å². The molecule has 0 saturated heterocycles. The SMILES string of the molecule is O=C(N/N=C\c1cc(Br)cc(Br)c1O)c1ccc2c(c1)OCO2. The van der Waals surface area contributed by atoms with E-state index < -0.39 is 5.91 Å². The summed E-state index contributed by atoms with van der Waals surface area (Å²) in [6.07, 6.45) is 1.36. The summed E-state index contributed by atoms with van der Waals surface area (Å²) >= 11 is 6.55. The van der Waals surface area contributed by atoms with Crippen LogP contribution in [0.4, 0.5) is 0 Å². The maximum Gasteiger partial charge on any atom is 0.271 e. The Hall–Kier alpha value is -2.06. The fraction of sp³-hybridized carbons (Fsp3) is 0.0667. The van der Waals surface area contributed by atoms with Crippen LogP contribution >= 0.6 is 31.9 Å². The lowest BCUT2D eigenvalue weighted by Crippen LogP contribution is -2.17. The molecule has 1 heterocycles. The van der Waals surface area contributed by atoms with E-state index in [-0.39, 0.29) is 12.5 Å². The second kappa shape index (κ2) is 6.59. The lowest BCUT2D eigenvalue weighted by atomic mass is 10.2. The van der Waals surface area contributed by atoms with E-state index in [9.17, 15) is 9.90 Å². The van der Waals surface area contributed by atoms with Crippen molar-refractivity contribution in [2.24, 2.45) is 5.10 Å². The molecule has 1 aliphatic rings. The molecule has 2 aromatic carbocycles. The van der Waals surface area contributed by atoms with Crippen LogP contribution in [0.2, 0.25) is 0 Å². The molecular weight excluding hydrogens is 432 g/mol. The van der Waals surface area contributed by atoms with E-state index in [0.29, 0.717) is 27.1 Å². The molecule has 0 aliphatic carbocycles. The number of phenols is 1. The van der Waals surface area contributed by atoms with E-state index in [1.54, 1.807) is 30.3 Å². The van der Waals surface area contributed by atoms with Crippen molar-refractivity contribution in [3.05, 3.63) is 50.4 Å². The number of benzene rings is 2. The van der Waals surface area contributed by atoms with Crippen molar-refractivity contribution in [1.82, 2.24) is 5.43 Å². The fourth-order valence-electron chi connectivity index (χ4n) is 1.95. The fourth-order valence-corrected chi connectivity index (χ4v) is 3.21. The normalized spacial score (nSPS) is 12.6. The van der Waals surface area contributed by atoms with Crippen molar-refractivity contribution in [3.8, 4) is 17.2 Å². The standard InChI is InChI=1S/C15H10Br2N2O4/c16-10-3-9(14(20)11(17)5-10)6-18-19-15(21)8-1-2-12-13(4-8)23-7-22-12/h1-6,20H,7H2,(H,19,21)/b18-6-. The Morgan fingerprint density at radius 3 is 2.83 bits per heavy atom. The van der Waals surface area contributed by atoms with Crippen LogP contribution in [-0.2, 0) is 0 Å². The molecule has 0 unspecified atom stereocenters. The molecule has 3 rings (SSSR count). The van der Waals surface area contributed by atoms with Crippen LogP contribution in [0.3, 0.4) is 0 Å². The minimum Gasteiger partial charge on any atom is -0.506 e. The van der Waals surface area contributed by atoms with Crippen molar-refractivity contribution in [3.63, 3.8) is 0 Å². The lowest BCUT2D eigenvalue weighted by molar-refractivity contribution is 0.0954. The molecule has 0 saturated carbocycles. The highest BCUT2D eigenvalue weighted by molar-refractivity contribution is 9.11. The highest BCUT2D eigenvalue weighted by atomic mass is 79.9. The van der Waals surface area contributed by atoms with Crippen LogP contribution in [0.5, 0.6) is 17.2 Å². The first kappa shape index (κ1) is 15.8. The first-order valence-corrected chi connectivity index (χ1v) is 8.04. The van der Waals surface area contributed by atoms with Gasteiger partial charge in [-0.25, -0.2) is 5.43 Å². The number of nitrogens with one attached hydrogen (secondary N) is 1. The smallest absolute Gasteiger partial charge is 0.271 e. The van der Waals surface area contributed by atoms with E-state index in [4.69, 9.17) is 9.47 Å². The van der Waals surface area contributed by atoms with Gasteiger partial charge >= 0.3 is 0 Å². The van der Waals surface area contributed by atoms with Gasteiger partial charge in [0.2, 0.25) is 6.79 Å². The third-order valence-corrected chi connectivity index (χ3v) is 4.12. The molecule has 2 aromatic rings. The van der Waals surface area contributed by atoms with Gasteiger partial charge in [-0.2, -0.15) is 5.10 Å². The summed E-state index contributed by atoms with van der Waals surface area (Å²) < 4.78 is 11.7. The van der Waals surface area contributed by atoms with Crippen LogP contribution in [0.1, 0.15) is 15.9 Å². The first-order valence-electron chi connectivity index (χ1n) is 6.45. The van der Waals surface area contributed by atoms with E-state index in [1.807, 2.05) is 0 Å². The predicted octanol–water partition coefficient (Wildman–Crippen LogP) is 3.41. The maximum atomic E-state index is 12.1. The molecule has 0 aromatic heterocycles. The average Bonchev–Trinajstić information content (AvgIpc) is 2.99. The van der Waals surface area contributed by atoms with Gasteiger partial charge in [-0.15, -0.1) is 0 Å². The first-order chi connectivity index (χ1) is 11.0. The summed E-state index contributed by atoms with van der Waals surface area (Å²) in [7, 11) is 0. The van der Waals surface area contributed by atoms with Crippen LogP contribution in [-0.4, -0.2) is 24.0 Å². The molecule has 0 radical (unpaired) electrons. The Bertz CT molecular complexity index is 808. The predicted molar refractivity (Wildman–Crippen MR) is 91.1 cm³/mol. The number of aromatic hydroxyl groups is 1. The Kier molecular flexibility index (Phi) is 4.53. The van der Waals surface area contributed by atoms with E-state index in [0.717, 1.165) is 4.47 Å². The summed E-state index contributed by atoms with van der Waals surface area (Å²) in [5, 5.41) is 13.8. The number of hydrazone groups is 1. The van der Waals surface area contributed by atoms with Gasteiger partial charge in [0.05, 0.1) is 10.7 Å². The van der Waals surface area contributed by atoms with Crippen molar-refractivity contribution < 1.29 is 19.4 Å². The molecule has 1 aliphatic heterocycles. The molecule has 0 bridgehead atoms. The molecule has 2 N–H and O–H groups in total. The quantitative estimate of drug-likeness (QED) is 0.565. The van der Waals surface area contributed by atoms with Gasteiger partial charge < -0.3 is 14.6 Å².